The number of likely N-dealkylation sites (tertiary alicyclic amines) is 1. The fourth-order valence-corrected chi connectivity index (χ4v) is 2.51. The predicted molar refractivity (Wildman–Crippen MR) is 68.5 cm³/mol. The highest BCUT2D eigenvalue weighted by molar-refractivity contribution is 5.81. The Morgan fingerprint density at radius 3 is 2.31 bits per heavy atom. The van der Waals surface area contributed by atoms with Gasteiger partial charge in [0.15, 0.2) is 0 Å². The van der Waals surface area contributed by atoms with Gasteiger partial charge in [-0.05, 0) is 38.8 Å². The predicted octanol–water partition coefficient (Wildman–Crippen LogP) is 3.11. The Morgan fingerprint density at radius 1 is 1.31 bits per heavy atom. The first-order valence-electron chi connectivity index (χ1n) is 6.69. The van der Waals surface area contributed by atoms with Crippen molar-refractivity contribution in [3.8, 4) is 0 Å². The fraction of sp³-hybridized carbons (Fsp3) is 0.929. The van der Waals surface area contributed by atoms with Crippen LogP contribution in [0.25, 0.3) is 0 Å². The van der Waals surface area contributed by atoms with Crippen LogP contribution in [-0.2, 0) is 4.79 Å². The van der Waals surface area contributed by atoms with E-state index in [1.165, 1.54) is 38.8 Å². The minimum atomic E-state index is -0.169. The van der Waals surface area contributed by atoms with Crippen molar-refractivity contribution in [2.45, 2.75) is 53.4 Å². The van der Waals surface area contributed by atoms with Gasteiger partial charge in [0.1, 0.15) is 5.78 Å². The molecule has 2 heteroatoms. The number of hydrogen-bond acceptors (Lipinski definition) is 2. The molecule has 0 unspecified atom stereocenters. The van der Waals surface area contributed by atoms with Gasteiger partial charge in [-0.3, -0.25) is 4.79 Å². The summed E-state index contributed by atoms with van der Waals surface area (Å²) in [6.45, 7) is 11.4. The molecule has 2 nitrogen and oxygen atoms in total. The second-order valence-electron chi connectivity index (χ2n) is 5.95. The van der Waals surface area contributed by atoms with Crippen molar-refractivity contribution < 1.29 is 4.79 Å². The number of rotatable bonds is 5. The standard InChI is InChI=1S/C14H27NO/c1-5-6-13-7-9-15(10-8-13)11-14(3,4)12(2)16/h13H,5-11H2,1-4H3. The Morgan fingerprint density at radius 2 is 1.88 bits per heavy atom. The van der Waals surface area contributed by atoms with Crippen molar-refractivity contribution >= 4 is 5.78 Å². The first-order chi connectivity index (χ1) is 7.45. The summed E-state index contributed by atoms with van der Waals surface area (Å²) in [5.41, 5.74) is -0.169. The van der Waals surface area contributed by atoms with Crippen LogP contribution in [0.4, 0.5) is 0 Å². The lowest BCUT2D eigenvalue weighted by Gasteiger charge is -2.36. The van der Waals surface area contributed by atoms with Crippen LogP contribution in [-0.4, -0.2) is 30.3 Å². The molecule has 16 heavy (non-hydrogen) atoms. The van der Waals surface area contributed by atoms with Gasteiger partial charge in [0.2, 0.25) is 0 Å². The summed E-state index contributed by atoms with van der Waals surface area (Å²) in [7, 11) is 0. The average molecular weight is 225 g/mol. The van der Waals surface area contributed by atoms with Gasteiger partial charge in [-0.15, -0.1) is 0 Å². The van der Waals surface area contributed by atoms with Gasteiger partial charge in [0.05, 0.1) is 0 Å². The molecular weight excluding hydrogens is 198 g/mol. The van der Waals surface area contributed by atoms with Gasteiger partial charge >= 0.3 is 0 Å². The Kier molecular flexibility index (Phi) is 4.97. The summed E-state index contributed by atoms with van der Waals surface area (Å²) in [6, 6.07) is 0. The molecule has 1 rings (SSSR count). The topological polar surface area (TPSA) is 20.3 Å². The summed E-state index contributed by atoms with van der Waals surface area (Å²) < 4.78 is 0. The second kappa shape index (κ2) is 5.81. The van der Waals surface area contributed by atoms with E-state index in [-0.39, 0.29) is 5.41 Å². The van der Waals surface area contributed by atoms with E-state index in [0.29, 0.717) is 5.78 Å². The van der Waals surface area contributed by atoms with Gasteiger partial charge in [-0.25, -0.2) is 0 Å². The number of carbonyl (C=O) groups is 1. The molecule has 1 saturated heterocycles. The lowest BCUT2D eigenvalue weighted by atomic mass is 9.86. The van der Waals surface area contributed by atoms with Crippen molar-refractivity contribution in [1.82, 2.24) is 4.90 Å². The molecule has 0 aromatic carbocycles. The molecule has 1 heterocycles. The molecule has 0 atom stereocenters. The highest BCUT2D eigenvalue weighted by Gasteiger charge is 2.28. The van der Waals surface area contributed by atoms with Gasteiger partial charge in [-0.2, -0.15) is 0 Å². The van der Waals surface area contributed by atoms with Crippen LogP contribution in [0.2, 0.25) is 0 Å². The van der Waals surface area contributed by atoms with E-state index in [0.717, 1.165) is 12.5 Å². The quantitative estimate of drug-likeness (QED) is 0.716. The molecule has 0 bridgehead atoms. The van der Waals surface area contributed by atoms with E-state index >= 15 is 0 Å². The Labute approximate surface area is 100 Å². The van der Waals surface area contributed by atoms with Crippen LogP contribution < -0.4 is 0 Å². The van der Waals surface area contributed by atoms with Gasteiger partial charge in [0.25, 0.3) is 0 Å². The Bertz CT molecular complexity index is 227. The number of Topliss-reactive ketones (excluding diaryl/α,β-unsaturated/α-hetero) is 1. The zero-order valence-corrected chi connectivity index (χ0v) is 11.4. The van der Waals surface area contributed by atoms with Crippen LogP contribution in [0.1, 0.15) is 53.4 Å². The molecule has 0 aromatic rings. The minimum absolute atomic E-state index is 0.169. The van der Waals surface area contributed by atoms with E-state index in [1.54, 1.807) is 6.92 Å². The first kappa shape index (κ1) is 13.7. The number of ketones is 1. The molecule has 1 aliphatic heterocycles. The third-order valence-corrected chi connectivity index (χ3v) is 3.98. The number of carbonyl (C=O) groups excluding carboxylic acids is 1. The molecule has 0 saturated carbocycles. The summed E-state index contributed by atoms with van der Waals surface area (Å²) in [4.78, 5) is 13.9. The van der Waals surface area contributed by atoms with E-state index in [1.807, 2.05) is 0 Å². The van der Waals surface area contributed by atoms with Crippen LogP contribution in [0.5, 0.6) is 0 Å². The molecule has 0 amide bonds. The highest BCUT2D eigenvalue weighted by atomic mass is 16.1. The zero-order valence-electron chi connectivity index (χ0n) is 11.4. The third kappa shape index (κ3) is 3.89. The number of hydrogen-bond donors (Lipinski definition) is 0. The van der Waals surface area contributed by atoms with Crippen LogP contribution in [0, 0.1) is 11.3 Å². The van der Waals surface area contributed by atoms with Crippen molar-refractivity contribution in [3.05, 3.63) is 0 Å². The monoisotopic (exact) mass is 225 g/mol. The molecule has 1 fully saturated rings. The Hall–Kier alpha value is -0.370. The summed E-state index contributed by atoms with van der Waals surface area (Å²) in [6.07, 6.45) is 5.33. The molecule has 0 spiro atoms. The SMILES string of the molecule is CCCC1CCN(CC(C)(C)C(C)=O)CC1. The zero-order chi connectivity index (χ0) is 12.2. The van der Waals surface area contributed by atoms with Crippen molar-refractivity contribution in [1.29, 1.82) is 0 Å². The van der Waals surface area contributed by atoms with E-state index < -0.39 is 0 Å². The Balaban J connectivity index is 2.34. The van der Waals surface area contributed by atoms with Crippen molar-refractivity contribution in [3.63, 3.8) is 0 Å². The van der Waals surface area contributed by atoms with E-state index in [9.17, 15) is 4.79 Å². The molecule has 0 aliphatic carbocycles. The van der Waals surface area contributed by atoms with Crippen LogP contribution >= 0.6 is 0 Å². The number of nitrogens with zero attached hydrogens (tertiary/aromatic N) is 1. The van der Waals surface area contributed by atoms with Crippen LogP contribution in [0.3, 0.4) is 0 Å². The third-order valence-electron chi connectivity index (χ3n) is 3.98. The minimum Gasteiger partial charge on any atom is -0.302 e. The van der Waals surface area contributed by atoms with Crippen LogP contribution in [0.15, 0.2) is 0 Å². The highest BCUT2D eigenvalue weighted by Crippen LogP contribution is 2.25. The maximum absolute atomic E-state index is 11.5. The lowest BCUT2D eigenvalue weighted by Crippen LogP contribution is -2.42. The van der Waals surface area contributed by atoms with E-state index in [2.05, 4.69) is 25.7 Å². The fourth-order valence-electron chi connectivity index (χ4n) is 2.51. The largest absolute Gasteiger partial charge is 0.302 e. The first-order valence-corrected chi connectivity index (χ1v) is 6.69. The van der Waals surface area contributed by atoms with Gasteiger partial charge < -0.3 is 4.90 Å². The van der Waals surface area contributed by atoms with Crippen molar-refractivity contribution in [2.24, 2.45) is 11.3 Å². The second-order valence-corrected chi connectivity index (χ2v) is 5.95. The smallest absolute Gasteiger partial charge is 0.136 e. The maximum atomic E-state index is 11.5. The number of piperidine rings is 1. The molecular formula is C14H27NO. The summed E-state index contributed by atoms with van der Waals surface area (Å²) >= 11 is 0. The maximum Gasteiger partial charge on any atom is 0.136 e. The summed E-state index contributed by atoms with van der Waals surface area (Å²) in [5, 5.41) is 0. The normalized spacial score (nSPS) is 20.0. The molecule has 0 N–H and O–H groups in total. The molecule has 1 aliphatic rings. The van der Waals surface area contributed by atoms with E-state index in [4.69, 9.17) is 0 Å². The lowest BCUT2D eigenvalue weighted by molar-refractivity contribution is -0.126. The summed E-state index contributed by atoms with van der Waals surface area (Å²) in [5.74, 6) is 1.24. The van der Waals surface area contributed by atoms with Gasteiger partial charge in [0, 0.05) is 12.0 Å². The van der Waals surface area contributed by atoms with Gasteiger partial charge in [-0.1, -0.05) is 33.6 Å². The average Bonchev–Trinajstić information content (AvgIpc) is 2.21. The molecule has 0 aromatic heterocycles. The van der Waals surface area contributed by atoms with Crippen molar-refractivity contribution in [2.75, 3.05) is 19.6 Å². The molecule has 94 valence electrons. The molecule has 0 radical (unpaired) electrons.